The third-order valence-corrected chi connectivity index (χ3v) is 4.67. The second-order valence-corrected chi connectivity index (χ2v) is 6.32. The van der Waals surface area contributed by atoms with Crippen molar-refractivity contribution >= 4 is 28.3 Å². The number of ether oxygens (including phenoxy) is 1. The molecule has 0 amide bonds. The van der Waals surface area contributed by atoms with Gasteiger partial charge in [-0.25, -0.2) is 4.79 Å². The van der Waals surface area contributed by atoms with Gasteiger partial charge in [0.2, 0.25) is 0 Å². The summed E-state index contributed by atoms with van der Waals surface area (Å²) in [5.41, 5.74) is 1.42. The van der Waals surface area contributed by atoms with Crippen LogP contribution in [0.2, 0.25) is 0 Å². The van der Waals surface area contributed by atoms with Gasteiger partial charge in [0.1, 0.15) is 5.00 Å². The fraction of sp³-hybridized carbons (Fsp3) is 0.500. The van der Waals surface area contributed by atoms with E-state index in [-0.39, 0.29) is 5.97 Å². The summed E-state index contributed by atoms with van der Waals surface area (Å²) < 4.78 is 5.14. The Morgan fingerprint density at radius 1 is 1.45 bits per heavy atom. The molecule has 1 atom stereocenters. The molecule has 122 valence electrons. The number of anilines is 1. The van der Waals surface area contributed by atoms with Crippen LogP contribution in [0.25, 0.3) is 0 Å². The number of carbonyl (C=O) groups excluding carboxylic acids is 1. The molecule has 0 aliphatic heterocycles. The molecule has 1 aromatic heterocycles. The molecule has 6 heteroatoms. The number of thiophene rings is 1. The summed E-state index contributed by atoms with van der Waals surface area (Å²) in [6.45, 7) is 12.1. The zero-order valence-electron chi connectivity index (χ0n) is 13.5. The Kier molecular flexibility index (Phi) is 6.61. The van der Waals surface area contributed by atoms with Gasteiger partial charge in [0.05, 0.1) is 18.1 Å². The van der Waals surface area contributed by atoms with Crippen LogP contribution in [-0.4, -0.2) is 36.7 Å². The first-order valence-electron chi connectivity index (χ1n) is 7.19. The minimum atomic E-state index is -0.864. The van der Waals surface area contributed by atoms with Crippen LogP contribution in [0.15, 0.2) is 12.7 Å². The first-order valence-corrected chi connectivity index (χ1v) is 8.00. The Labute approximate surface area is 135 Å². The number of carbonyl (C=O) groups is 2. The van der Waals surface area contributed by atoms with E-state index in [1.807, 2.05) is 18.7 Å². The summed E-state index contributed by atoms with van der Waals surface area (Å²) in [4.78, 5) is 26.3. The standard InChI is InChI=1S/C16H23NO4S/c1-6-8-17(9-10(3)15(18)19)14-13(16(20)21-7-2)11(4)12(5)22-14/h6,10H,1,7-9H2,2-5H3,(H,18,19). The van der Waals surface area contributed by atoms with Crippen molar-refractivity contribution in [2.45, 2.75) is 27.7 Å². The van der Waals surface area contributed by atoms with Crippen molar-refractivity contribution in [2.75, 3.05) is 24.6 Å². The van der Waals surface area contributed by atoms with E-state index in [4.69, 9.17) is 9.84 Å². The van der Waals surface area contributed by atoms with Crippen LogP contribution in [-0.2, 0) is 9.53 Å². The molecule has 1 aromatic rings. The fourth-order valence-corrected chi connectivity index (χ4v) is 3.24. The van der Waals surface area contributed by atoms with Gasteiger partial charge in [0.15, 0.2) is 0 Å². The zero-order valence-corrected chi connectivity index (χ0v) is 14.3. The van der Waals surface area contributed by atoms with E-state index in [2.05, 4.69) is 6.58 Å². The monoisotopic (exact) mass is 325 g/mol. The highest BCUT2D eigenvalue weighted by Crippen LogP contribution is 2.36. The SMILES string of the molecule is C=CCN(CC(C)C(=O)O)c1sc(C)c(C)c1C(=O)OCC. The first kappa shape index (κ1) is 18.2. The van der Waals surface area contributed by atoms with Gasteiger partial charge >= 0.3 is 11.9 Å². The molecule has 1 rings (SSSR count). The van der Waals surface area contributed by atoms with Crippen LogP contribution in [0.5, 0.6) is 0 Å². The van der Waals surface area contributed by atoms with E-state index in [1.165, 1.54) is 11.3 Å². The fourth-order valence-electron chi connectivity index (χ4n) is 2.08. The largest absolute Gasteiger partial charge is 0.481 e. The number of aliphatic carboxylic acids is 1. The van der Waals surface area contributed by atoms with Crippen LogP contribution in [0.4, 0.5) is 5.00 Å². The quantitative estimate of drug-likeness (QED) is 0.587. The van der Waals surface area contributed by atoms with Crippen LogP contribution >= 0.6 is 11.3 Å². The maximum atomic E-state index is 12.2. The third kappa shape index (κ3) is 4.10. The summed E-state index contributed by atoms with van der Waals surface area (Å²) >= 11 is 1.48. The van der Waals surface area contributed by atoms with Gasteiger partial charge in [-0.2, -0.15) is 0 Å². The molecule has 1 unspecified atom stereocenters. The molecule has 5 nitrogen and oxygen atoms in total. The summed E-state index contributed by atoms with van der Waals surface area (Å²) in [5, 5.41) is 9.88. The minimum Gasteiger partial charge on any atom is -0.481 e. The highest BCUT2D eigenvalue weighted by atomic mass is 32.1. The molecule has 0 radical (unpaired) electrons. The summed E-state index contributed by atoms with van der Waals surface area (Å²) in [5.74, 6) is -1.77. The zero-order chi connectivity index (χ0) is 16.9. The van der Waals surface area contributed by atoms with Crippen LogP contribution in [0.1, 0.15) is 34.6 Å². The summed E-state index contributed by atoms with van der Waals surface area (Å²) in [7, 11) is 0. The Hall–Kier alpha value is -1.82. The Morgan fingerprint density at radius 2 is 2.09 bits per heavy atom. The lowest BCUT2D eigenvalue weighted by Gasteiger charge is -2.24. The van der Waals surface area contributed by atoms with Gasteiger partial charge in [-0.05, 0) is 26.3 Å². The van der Waals surface area contributed by atoms with Crippen molar-refractivity contribution in [3.05, 3.63) is 28.7 Å². The topological polar surface area (TPSA) is 66.8 Å². The molecule has 0 spiro atoms. The maximum absolute atomic E-state index is 12.2. The highest BCUT2D eigenvalue weighted by molar-refractivity contribution is 7.16. The molecule has 0 saturated carbocycles. The minimum absolute atomic E-state index is 0.305. The molecule has 0 fully saturated rings. The smallest absolute Gasteiger partial charge is 0.341 e. The molecule has 1 heterocycles. The lowest BCUT2D eigenvalue weighted by atomic mass is 10.1. The van der Waals surface area contributed by atoms with Gasteiger partial charge in [-0.3, -0.25) is 4.79 Å². The van der Waals surface area contributed by atoms with Crippen molar-refractivity contribution in [3.8, 4) is 0 Å². The number of hydrogen-bond donors (Lipinski definition) is 1. The van der Waals surface area contributed by atoms with Gasteiger partial charge in [-0.1, -0.05) is 13.0 Å². The van der Waals surface area contributed by atoms with Gasteiger partial charge < -0.3 is 14.7 Å². The molecular weight excluding hydrogens is 302 g/mol. The van der Waals surface area contributed by atoms with E-state index in [0.29, 0.717) is 25.3 Å². The number of aryl methyl sites for hydroxylation is 1. The summed E-state index contributed by atoms with van der Waals surface area (Å²) in [6, 6.07) is 0. The van der Waals surface area contributed by atoms with Crippen LogP contribution < -0.4 is 4.90 Å². The van der Waals surface area contributed by atoms with E-state index in [9.17, 15) is 9.59 Å². The molecule has 0 aliphatic carbocycles. The number of rotatable bonds is 8. The lowest BCUT2D eigenvalue weighted by Crippen LogP contribution is -2.32. The third-order valence-electron chi connectivity index (χ3n) is 3.40. The van der Waals surface area contributed by atoms with E-state index < -0.39 is 11.9 Å². The molecule has 0 bridgehead atoms. The average molecular weight is 325 g/mol. The van der Waals surface area contributed by atoms with Gasteiger partial charge in [-0.15, -0.1) is 17.9 Å². The van der Waals surface area contributed by atoms with Crippen molar-refractivity contribution in [3.63, 3.8) is 0 Å². The van der Waals surface area contributed by atoms with Crippen molar-refractivity contribution in [2.24, 2.45) is 5.92 Å². The molecule has 0 aliphatic rings. The van der Waals surface area contributed by atoms with Crippen molar-refractivity contribution in [1.29, 1.82) is 0 Å². The van der Waals surface area contributed by atoms with Gasteiger partial charge in [0, 0.05) is 18.0 Å². The number of carboxylic acids is 1. The lowest BCUT2D eigenvalue weighted by molar-refractivity contribution is -0.140. The molecule has 1 N–H and O–H groups in total. The molecule has 22 heavy (non-hydrogen) atoms. The number of esters is 1. The maximum Gasteiger partial charge on any atom is 0.341 e. The highest BCUT2D eigenvalue weighted by Gasteiger charge is 2.26. The first-order chi connectivity index (χ1) is 10.3. The Bertz CT molecular complexity index is 565. The molecule has 0 saturated heterocycles. The number of nitrogens with zero attached hydrogens (tertiary/aromatic N) is 1. The Morgan fingerprint density at radius 3 is 2.59 bits per heavy atom. The average Bonchev–Trinajstić information content (AvgIpc) is 2.74. The predicted octanol–water partition coefficient (Wildman–Crippen LogP) is 3.25. The second-order valence-electron chi connectivity index (χ2n) is 5.12. The number of carboxylic acid groups (broad SMARTS) is 1. The normalized spacial score (nSPS) is 11.8. The second kappa shape index (κ2) is 7.98. The van der Waals surface area contributed by atoms with Crippen molar-refractivity contribution < 1.29 is 19.4 Å². The van der Waals surface area contributed by atoms with Crippen LogP contribution in [0, 0.1) is 19.8 Å². The van der Waals surface area contributed by atoms with E-state index in [1.54, 1.807) is 19.9 Å². The van der Waals surface area contributed by atoms with Crippen molar-refractivity contribution in [1.82, 2.24) is 0 Å². The number of hydrogen-bond acceptors (Lipinski definition) is 5. The van der Waals surface area contributed by atoms with Crippen LogP contribution in [0.3, 0.4) is 0 Å². The van der Waals surface area contributed by atoms with E-state index in [0.717, 1.165) is 15.4 Å². The molecule has 0 aromatic carbocycles. The summed E-state index contributed by atoms with van der Waals surface area (Å²) in [6.07, 6.45) is 1.70. The predicted molar refractivity (Wildman–Crippen MR) is 89.0 cm³/mol. The molecular formula is C16H23NO4S. The van der Waals surface area contributed by atoms with Gasteiger partial charge in [0.25, 0.3) is 0 Å². The Balaban J connectivity index is 3.24. The van der Waals surface area contributed by atoms with E-state index >= 15 is 0 Å².